The number of rotatable bonds is 5. The van der Waals surface area contributed by atoms with E-state index in [-0.39, 0.29) is 17.8 Å². The van der Waals surface area contributed by atoms with Crippen LogP contribution in [0.1, 0.15) is 18.5 Å². The van der Waals surface area contributed by atoms with Gasteiger partial charge in [-0.1, -0.05) is 23.2 Å². The summed E-state index contributed by atoms with van der Waals surface area (Å²) < 4.78 is 38.9. The molecule has 1 aliphatic carbocycles. The predicted octanol–water partition coefficient (Wildman–Crippen LogP) is 4.82. The summed E-state index contributed by atoms with van der Waals surface area (Å²) in [6.07, 6.45) is -2.79. The molecule has 1 aromatic heterocycles. The fourth-order valence-corrected chi connectivity index (χ4v) is 2.31. The number of nitrogens with zero attached hydrogens (tertiary/aromatic N) is 2. The maximum absolute atomic E-state index is 13.0. The first-order valence-corrected chi connectivity index (χ1v) is 7.77. The maximum Gasteiger partial charge on any atom is 0.433 e. The van der Waals surface area contributed by atoms with Crippen molar-refractivity contribution in [1.82, 2.24) is 9.97 Å². The van der Waals surface area contributed by atoms with E-state index in [9.17, 15) is 13.2 Å². The zero-order chi connectivity index (χ0) is 17.3. The second-order valence-electron chi connectivity index (χ2n) is 5.25. The number of hydrogen-bond acceptors (Lipinski definition) is 5. The number of hydrazine groups is 1. The second kappa shape index (κ2) is 6.52. The van der Waals surface area contributed by atoms with E-state index in [2.05, 4.69) is 26.1 Å². The molecule has 1 aliphatic rings. The highest BCUT2D eigenvalue weighted by Gasteiger charge is 2.34. The third kappa shape index (κ3) is 4.33. The lowest BCUT2D eigenvalue weighted by Crippen LogP contribution is -2.17. The summed E-state index contributed by atoms with van der Waals surface area (Å²) in [4.78, 5) is 7.53. The van der Waals surface area contributed by atoms with Crippen molar-refractivity contribution in [3.05, 3.63) is 40.0 Å². The Morgan fingerprint density at radius 1 is 1.04 bits per heavy atom. The van der Waals surface area contributed by atoms with E-state index in [0.29, 0.717) is 15.7 Å². The molecule has 0 aliphatic heterocycles. The first-order valence-electron chi connectivity index (χ1n) is 7.01. The van der Waals surface area contributed by atoms with Crippen LogP contribution in [-0.4, -0.2) is 16.0 Å². The van der Waals surface area contributed by atoms with Crippen molar-refractivity contribution in [2.75, 3.05) is 16.2 Å². The third-order valence-corrected chi connectivity index (χ3v) is 3.73. The molecule has 128 valence electrons. The third-order valence-electron chi connectivity index (χ3n) is 3.18. The van der Waals surface area contributed by atoms with Gasteiger partial charge in [0.25, 0.3) is 0 Å². The van der Waals surface area contributed by atoms with Gasteiger partial charge in [0.1, 0.15) is 0 Å². The average molecular weight is 378 g/mol. The molecule has 24 heavy (non-hydrogen) atoms. The largest absolute Gasteiger partial charge is 0.433 e. The number of alkyl halides is 3. The van der Waals surface area contributed by atoms with Crippen LogP contribution in [0, 0.1) is 0 Å². The van der Waals surface area contributed by atoms with Gasteiger partial charge in [0.2, 0.25) is 5.95 Å². The molecular formula is C14H12Cl2F3N5. The molecule has 0 unspecified atom stereocenters. The van der Waals surface area contributed by atoms with Gasteiger partial charge in [0.15, 0.2) is 11.5 Å². The molecule has 0 radical (unpaired) electrons. The van der Waals surface area contributed by atoms with Crippen LogP contribution in [0.2, 0.25) is 10.0 Å². The van der Waals surface area contributed by atoms with E-state index in [1.54, 1.807) is 12.1 Å². The van der Waals surface area contributed by atoms with Gasteiger partial charge in [-0.3, -0.25) is 10.9 Å². The zero-order valence-electron chi connectivity index (χ0n) is 12.1. The van der Waals surface area contributed by atoms with Crippen LogP contribution >= 0.6 is 23.2 Å². The van der Waals surface area contributed by atoms with E-state index in [4.69, 9.17) is 23.2 Å². The van der Waals surface area contributed by atoms with Crippen LogP contribution in [0.25, 0.3) is 0 Å². The summed E-state index contributed by atoms with van der Waals surface area (Å²) in [6.45, 7) is 0. The van der Waals surface area contributed by atoms with Crippen LogP contribution in [0.5, 0.6) is 0 Å². The van der Waals surface area contributed by atoms with E-state index in [0.717, 1.165) is 18.9 Å². The molecule has 1 saturated carbocycles. The second-order valence-corrected chi connectivity index (χ2v) is 6.10. The Hall–Kier alpha value is -1.93. The summed E-state index contributed by atoms with van der Waals surface area (Å²) in [5, 5.41) is 3.62. The Morgan fingerprint density at radius 2 is 1.79 bits per heavy atom. The monoisotopic (exact) mass is 377 g/mol. The Balaban J connectivity index is 1.80. The molecule has 2 aromatic rings. The normalized spacial score (nSPS) is 14.4. The molecule has 3 rings (SSSR count). The number of aromatic nitrogens is 2. The minimum absolute atomic E-state index is 0.0357. The summed E-state index contributed by atoms with van der Waals surface area (Å²) in [6, 6.07) is 5.63. The van der Waals surface area contributed by atoms with Crippen molar-refractivity contribution in [2.45, 2.75) is 25.1 Å². The molecule has 0 saturated heterocycles. The number of benzene rings is 1. The van der Waals surface area contributed by atoms with Gasteiger partial charge in [-0.25, -0.2) is 4.98 Å². The highest BCUT2D eigenvalue weighted by Crippen LogP contribution is 2.31. The highest BCUT2D eigenvalue weighted by atomic mass is 35.5. The van der Waals surface area contributed by atoms with Crippen LogP contribution < -0.4 is 16.2 Å². The number of hydrogen-bond donors (Lipinski definition) is 3. The smallest absolute Gasteiger partial charge is 0.351 e. The van der Waals surface area contributed by atoms with Crippen molar-refractivity contribution in [2.24, 2.45) is 0 Å². The van der Waals surface area contributed by atoms with Crippen molar-refractivity contribution < 1.29 is 13.2 Å². The van der Waals surface area contributed by atoms with E-state index < -0.39 is 11.9 Å². The van der Waals surface area contributed by atoms with Crippen LogP contribution in [0.4, 0.5) is 30.6 Å². The van der Waals surface area contributed by atoms with Crippen molar-refractivity contribution in [3.63, 3.8) is 0 Å². The van der Waals surface area contributed by atoms with Gasteiger partial charge in [-0.15, -0.1) is 0 Å². The van der Waals surface area contributed by atoms with Gasteiger partial charge in [0, 0.05) is 17.1 Å². The van der Waals surface area contributed by atoms with Gasteiger partial charge >= 0.3 is 6.18 Å². The zero-order valence-corrected chi connectivity index (χ0v) is 13.6. The summed E-state index contributed by atoms with van der Waals surface area (Å²) in [7, 11) is 0. The van der Waals surface area contributed by atoms with Gasteiger partial charge < -0.3 is 5.32 Å². The van der Waals surface area contributed by atoms with E-state index in [1.807, 2.05) is 0 Å². The molecule has 5 nitrogen and oxygen atoms in total. The predicted molar refractivity (Wildman–Crippen MR) is 87.4 cm³/mol. The minimum Gasteiger partial charge on any atom is -0.351 e. The fourth-order valence-electron chi connectivity index (χ4n) is 1.85. The minimum atomic E-state index is -4.57. The standard InChI is InChI=1S/C14H12Cl2F3N5/c15-7-1-4-10(9(16)5-7)23-24-12-6-11(14(17,18)19)21-13(22-12)20-8-2-3-8/h1,4-6,8,23H,2-3H2,(H2,20,21,22,24). The molecule has 0 amide bonds. The highest BCUT2D eigenvalue weighted by molar-refractivity contribution is 6.36. The van der Waals surface area contributed by atoms with Gasteiger partial charge in [-0.2, -0.15) is 18.2 Å². The van der Waals surface area contributed by atoms with Crippen LogP contribution in [0.3, 0.4) is 0 Å². The quantitative estimate of drug-likeness (QED) is 0.652. The van der Waals surface area contributed by atoms with E-state index >= 15 is 0 Å². The topological polar surface area (TPSA) is 61.9 Å². The van der Waals surface area contributed by atoms with Gasteiger partial charge in [0.05, 0.1) is 10.7 Å². The van der Waals surface area contributed by atoms with Crippen molar-refractivity contribution in [3.8, 4) is 0 Å². The van der Waals surface area contributed by atoms with Crippen molar-refractivity contribution in [1.29, 1.82) is 0 Å². The Bertz CT molecular complexity index is 750. The van der Waals surface area contributed by atoms with Gasteiger partial charge in [-0.05, 0) is 31.0 Å². The molecule has 1 aromatic carbocycles. The lowest BCUT2D eigenvalue weighted by Gasteiger charge is -2.14. The fraction of sp³-hybridized carbons (Fsp3) is 0.286. The molecular weight excluding hydrogens is 366 g/mol. The Morgan fingerprint density at radius 3 is 2.42 bits per heavy atom. The summed E-state index contributed by atoms with van der Waals surface area (Å²) >= 11 is 11.8. The molecule has 0 bridgehead atoms. The van der Waals surface area contributed by atoms with Crippen LogP contribution in [-0.2, 0) is 6.18 Å². The molecule has 0 atom stereocenters. The first-order chi connectivity index (χ1) is 11.3. The number of anilines is 3. The maximum atomic E-state index is 13.0. The molecule has 10 heteroatoms. The summed E-state index contributed by atoms with van der Waals surface area (Å²) in [5.41, 5.74) is 4.72. The molecule has 1 fully saturated rings. The average Bonchev–Trinajstić information content (AvgIpc) is 3.29. The first kappa shape index (κ1) is 16.9. The lowest BCUT2D eigenvalue weighted by molar-refractivity contribution is -0.141. The van der Waals surface area contributed by atoms with Crippen molar-refractivity contribution >= 4 is 40.7 Å². The number of halogens is 5. The number of nitrogens with one attached hydrogen (secondary N) is 3. The lowest BCUT2D eigenvalue weighted by atomic mass is 10.3. The molecule has 3 N–H and O–H groups in total. The molecule has 1 heterocycles. The Labute approximate surface area is 145 Å². The molecule has 0 spiro atoms. The van der Waals surface area contributed by atoms with Crippen LogP contribution in [0.15, 0.2) is 24.3 Å². The Kier molecular flexibility index (Phi) is 4.60. The van der Waals surface area contributed by atoms with E-state index in [1.165, 1.54) is 6.07 Å². The summed E-state index contributed by atoms with van der Waals surface area (Å²) in [5.74, 6) is -0.106. The SMILES string of the molecule is FC(F)(F)c1cc(NNc2ccc(Cl)cc2Cl)nc(NC2CC2)n1.